The lowest BCUT2D eigenvalue weighted by molar-refractivity contribution is -0.508. The third-order valence-electron chi connectivity index (χ3n) is 3.75. The van der Waals surface area contributed by atoms with Crippen molar-refractivity contribution in [2.75, 3.05) is 40.3 Å². The molecule has 2 heterocycles. The van der Waals surface area contributed by atoms with E-state index >= 15 is 0 Å². The predicted octanol–water partition coefficient (Wildman–Crippen LogP) is -6.70. The van der Waals surface area contributed by atoms with Crippen molar-refractivity contribution in [3.05, 3.63) is 0 Å². The summed E-state index contributed by atoms with van der Waals surface area (Å²) in [6.07, 6.45) is 6.49. The summed E-state index contributed by atoms with van der Waals surface area (Å²) in [6.45, 7) is 5.87. The fraction of sp³-hybridized carbons (Fsp3) is 0.733. The van der Waals surface area contributed by atoms with E-state index in [0.29, 0.717) is 0 Å². The second-order valence-corrected chi connectivity index (χ2v) is 5.85. The maximum Gasteiger partial charge on any atom is 0.369 e. The minimum atomic E-state index is 0. The number of nitrogens with one attached hydrogen (secondary N) is 4. The van der Waals surface area contributed by atoms with Gasteiger partial charge >= 0.3 is 11.9 Å². The van der Waals surface area contributed by atoms with E-state index in [4.69, 9.17) is 0 Å². The highest BCUT2D eigenvalue weighted by Gasteiger charge is 2.13. The minimum Gasteiger partial charge on any atom is -1.00 e. The van der Waals surface area contributed by atoms with Crippen LogP contribution in [0.5, 0.6) is 0 Å². The van der Waals surface area contributed by atoms with Crippen LogP contribution in [-0.2, 0) is 0 Å². The van der Waals surface area contributed by atoms with E-state index in [-0.39, 0.29) is 48.0 Å². The first kappa shape index (κ1) is 24.3. The molecule has 0 radical (unpaired) electrons. The monoisotopic (exact) mass is 576 g/mol. The molecule has 2 aliphatic heterocycles. The van der Waals surface area contributed by atoms with Crippen LogP contribution in [0.25, 0.3) is 0 Å². The Kier molecular flexibility index (Phi) is 13.2. The van der Waals surface area contributed by atoms with Crippen LogP contribution in [0.2, 0.25) is 0 Å². The summed E-state index contributed by atoms with van der Waals surface area (Å²) >= 11 is 0. The molecule has 2 saturated heterocycles. The third-order valence-corrected chi connectivity index (χ3v) is 3.75. The van der Waals surface area contributed by atoms with E-state index in [1.165, 1.54) is 25.7 Å². The number of nitrogens with zero attached hydrogens (tertiary/aromatic N) is 4. The Morgan fingerprint density at radius 3 is 1.64 bits per heavy atom. The Labute approximate surface area is 184 Å². The summed E-state index contributed by atoms with van der Waals surface area (Å²) in [5.74, 6) is 1.89. The Morgan fingerprint density at radius 1 is 0.800 bits per heavy atom. The average Bonchev–Trinajstić information content (AvgIpc) is 2.97. The molecule has 8 nitrogen and oxygen atoms in total. The quantitative estimate of drug-likeness (QED) is 0.117. The molecule has 0 atom stereocenters. The lowest BCUT2D eigenvalue weighted by Gasteiger charge is -2.04. The highest BCUT2D eigenvalue weighted by atomic mass is 127. The second-order valence-electron chi connectivity index (χ2n) is 5.85. The van der Waals surface area contributed by atoms with Gasteiger partial charge in [0.1, 0.15) is 0 Å². The number of halogens is 2. The largest absolute Gasteiger partial charge is 1.00 e. The smallest absolute Gasteiger partial charge is 0.369 e. The zero-order valence-corrected chi connectivity index (χ0v) is 19.6. The van der Waals surface area contributed by atoms with E-state index in [2.05, 4.69) is 31.5 Å². The van der Waals surface area contributed by atoms with Gasteiger partial charge in [-0.3, -0.25) is 21.3 Å². The van der Waals surface area contributed by atoms with Crippen molar-refractivity contribution in [1.82, 2.24) is 21.3 Å². The van der Waals surface area contributed by atoms with Crippen molar-refractivity contribution in [3.8, 4) is 0 Å². The molecule has 0 unspecified atom stereocenters. The molecule has 0 spiro atoms. The fourth-order valence-corrected chi connectivity index (χ4v) is 2.45. The molecule has 0 aromatic rings. The molecule has 144 valence electrons. The van der Waals surface area contributed by atoms with Gasteiger partial charge in [0, 0.05) is 0 Å². The molecule has 4 N–H and O–H groups in total. The standard InChI is InChI=1S/C15H28N8.2HI/c1-13(21-23(3)15-18-10-6-7-11-19-15)12-20-22(2)14-16-8-4-5-9-17-14;;/h12H,4-11H2,1-3H3,(H2,16,17,18,19);2*1H/b20-12+,21-13+;;. The lowest BCUT2D eigenvalue weighted by atomic mass is 10.3. The molecule has 25 heavy (non-hydrogen) atoms. The number of guanidine groups is 2. The van der Waals surface area contributed by atoms with Gasteiger partial charge in [-0.15, -0.1) is 19.6 Å². The second kappa shape index (κ2) is 13.5. The van der Waals surface area contributed by atoms with Crippen LogP contribution in [0, 0.1) is 0 Å². The summed E-state index contributed by atoms with van der Waals surface area (Å²) in [4.78, 5) is 0. The molecule has 0 aliphatic carbocycles. The third kappa shape index (κ3) is 9.01. The van der Waals surface area contributed by atoms with Crippen molar-refractivity contribution in [2.45, 2.75) is 32.6 Å². The summed E-state index contributed by atoms with van der Waals surface area (Å²) in [6, 6.07) is 0. The summed E-state index contributed by atoms with van der Waals surface area (Å²) in [5, 5.41) is 22.4. The molecule has 0 saturated carbocycles. The van der Waals surface area contributed by atoms with E-state index in [0.717, 1.165) is 43.8 Å². The van der Waals surface area contributed by atoms with Gasteiger partial charge in [-0.25, -0.2) is 0 Å². The Balaban J connectivity index is 0.00000288. The molecule has 0 amide bonds. The van der Waals surface area contributed by atoms with Crippen molar-refractivity contribution >= 4 is 23.8 Å². The van der Waals surface area contributed by atoms with Gasteiger partial charge in [0.25, 0.3) is 0 Å². The summed E-state index contributed by atoms with van der Waals surface area (Å²) in [5.41, 5.74) is 0.842. The average molecular weight is 576 g/mol. The van der Waals surface area contributed by atoms with Gasteiger partial charge in [0.05, 0.1) is 52.2 Å². The van der Waals surface area contributed by atoms with Crippen LogP contribution >= 0.6 is 0 Å². The van der Waals surface area contributed by atoms with Crippen LogP contribution in [0.15, 0.2) is 10.2 Å². The van der Waals surface area contributed by atoms with Crippen LogP contribution < -0.4 is 69.2 Å². The van der Waals surface area contributed by atoms with Gasteiger partial charge in [0.15, 0.2) is 0 Å². The highest BCUT2D eigenvalue weighted by Crippen LogP contribution is 1.91. The molecular formula is C15H30I2N8. The van der Waals surface area contributed by atoms with Crippen molar-refractivity contribution in [1.29, 1.82) is 0 Å². The Bertz CT molecular complexity index is 508. The van der Waals surface area contributed by atoms with E-state index in [9.17, 15) is 0 Å². The first-order valence-corrected chi connectivity index (χ1v) is 8.43. The zero-order valence-electron chi connectivity index (χ0n) is 15.3. The zero-order chi connectivity index (χ0) is 16.5. The molecule has 0 bridgehead atoms. The maximum absolute atomic E-state index is 4.54. The van der Waals surface area contributed by atoms with Gasteiger partial charge in [-0.2, -0.15) is 0 Å². The number of rotatable bonds is 3. The minimum absolute atomic E-state index is 0. The molecule has 10 heteroatoms. The van der Waals surface area contributed by atoms with Crippen LogP contribution in [0.4, 0.5) is 0 Å². The number of hydrazone groups is 2. The maximum atomic E-state index is 4.54. The predicted molar refractivity (Wildman–Crippen MR) is 94.5 cm³/mol. The van der Waals surface area contributed by atoms with Gasteiger partial charge < -0.3 is 48.0 Å². The molecule has 2 fully saturated rings. The number of hydrogen-bond donors (Lipinski definition) is 4. The normalized spacial score (nSPS) is 18.3. The van der Waals surface area contributed by atoms with Gasteiger partial charge in [0.2, 0.25) is 0 Å². The van der Waals surface area contributed by atoms with Crippen LogP contribution in [-0.4, -0.2) is 73.5 Å². The van der Waals surface area contributed by atoms with Crippen LogP contribution in [0.3, 0.4) is 0 Å². The van der Waals surface area contributed by atoms with E-state index in [1.807, 2.05) is 30.4 Å². The SMILES string of the molecule is CC(/C=N/[N+](C)=C1NCCCCN1)=N\[N+](C)=C1NCCCCN1.[I-].[I-]. The molecule has 2 aliphatic rings. The lowest BCUT2D eigenvalue weighted by Crippen LogP contribution is -3.00. The van der Waals surface area contributed by atoms with Crippen molar-refractivity contribution in [2.24, 2.45) is 10.2 Å². The first-order valence-electron chi connectivity index (χ1n) is 8.43. The molecule has 2 rings (SSSR count). The van der Waals surface area contributed by atoms with Gasteiger partial charge in [-0.1, -0.05) is 0 Å². The highest BCUT2D eigenvalue weighted by molar-refractivity contribution is 6.29. The molecule has 0 aromatic carbocycles. The molecule has 0 aromatic heterocycles. The first-order chi connectivity index (χ1) is 11.2. The number of hydrogen-bond acceptors (Lipinski definition) is 2. The topological polar surface area (TPSA) is 78.9 Å². The van der Waals surface area contributed by atoms with Crippen molar-refractivity contribution in [3.63, 3.8) is 0 Å². The Morgan fingerprint density at radius 2 is 1.20 bits per heavy atom. The van der Waals surface area contributed by atoms with Crippen LogP contribution in [0.1, 0.15) is 32.6 Å². The van der Waals surface area contributed by atoms with Crippen molar-refractivity contribution < 1.29 is 57.3 Å². The van der Waals surface area contributed by atoms with Gasteiger partial charge in [-0.05, 0) is 32.6 Å². The van der Waals surface area contributed by atoms with E-state index < -0.39 is 0 Å². The summed E-state index contributed by atoms with van der Waals surface area (Å²) < 4.78 is 3.65. The molecular weight excluding hydrogens is 546 g/mol. The van der Waals surface area contributed by atoms with E-state index in [1.54, 1.807) is 6.21 Å². The summed E-state index contributed by atoms with van der Waals surface area (Å²) in [7, 11) is 3.86. The fourth-order valence-electron chi connectivity index (χ4n) is 2.45. The Hall–Kier alpha value is -0.660.